The topological polar surface area (TPSA) is 68.5 Å². The van der Waals surface area contributed by atoms with Crippen LogP contribution in [0.3, 0.4) is 0 Å². The summed E-state index contributed by atoms with van der Waals surface area (Å²) >= 11 is 0. The van der Waals surface area contributed by atoms with Crippen LogP contribution in [0.1, 0.15) is 55.9 Å². The molecule has 0 aliphatic rings. The number of nitrogens with one attached hydrogen (secondary N) is 1. The van der Waals surface area contributed by atoms with Crippen molar-refractivity contribution in [2.45, 2.75) is 52.0 Å². The van der Waals surface area contributed by atoms with Crippen molar-refractivity contribution in [2.24, 2.45) is 0 Å². The van der Waals surface area contributed by atoms with Gasteiger partial charge in [0.25, 0.3) is 5.91 Å². The van der Waals surface area contributed by atoms with E-state index in [4.69, 9.17) is 14.8 Å². The molecule has 0 bridgehead atoms. The van der Waals surface area contributed by atoms with Gasteiger partial charge in [-0.05, 0) is 55.7 Å². The molecule has 0 saturated carbocycles. The lowest BCUT2D eigenvalue weighted by molar-refractivity contribution is 0.0930. The summed E-state index contributed by atoms with van der Waals surface area (Å²) in [5.41, 5.74) is 4.74. The first-order valence-corrected chi connectivity index (χ1v) is 11.6. The predicted molar refractivity (Wildman–Crippen MR) is 135 cm³/mol. The van der Waals surface area contributed by atoms with Gasteiger partial charge < -0.3 is 10.1 Å². The molecule has 1 atom stereocenters. The van der Waals surface area contributed by atoms with Gasteiger partial charge in [0.2, 0.25) is 0 Å². The summed E-state index contributed by atoms with van der Waals surface area (Å²) in [5, 5.41) is 7.90. The summed E-state index contributed by atoms with van der Waals surface area (Å²) in [7, 11) is 1.64. The van der Waals surface area contributed by atoms with E-state index in [9.17, 15) is 4.79 Å². The minimum Gasteiger partial charge on any atom is -0.497 e. The number of amides is 1. The second kappa shape index (κ2) is 9.67. The lowest BCUT2D eigenvalue weighted by Crippen LogP contribution is -2.34. The minimum absolute atomic E-state index is 0.0120. The molecule has 0 spiro atoms. The second-order valence-electron chi connectivity index (χ2n) is 9.70. The molecule has 0 aliphatic carbocycles. The maximum atomic E-state index is 13.4. The van der Waals surface area contributed by atoms with E-state index in [0.29, 0.717) is 11.3 Å². The number of aryl methyl sites for hydroxylation is 1. The minimum atomic E-state index is -0.162. The highest BCUT2D eigenvalue weighted by Crippen LogP contribution is 2.26. The van der Waals surface area contributed by atoms with Crippen LogP contribution in [0.5, 0.6) is 5.75 Å². The van der Waals surface area contributed by atoms with Gasteiger partial charge >= 0.3 is 0 Å². The number of benzene rings is 2. The van der Waals surface area contributed by atoms with E-state index in [2.05, 4.69) is 38.2 Å². The predicted octanol–water partition coefficient (Wildman–Crippen LogP) is 5.45. The van der Waals surface area contributed by atoms with Crippen LogP contribution in [0.15, 0.2) is 66.7 Å². The smallest absolute Gasteiger partial charge is 0.270 e. The molecule has 0 aliphatic heterocycles. The van der Waals surface area contributed by atoms with Gasteiger partial charge in [-0.3, -0.25) is 4.79 Å². The van der Waals surface area contributed by atoms with Crippen LogP contribution in [0.2, 0.25) is 0 Å². The Morgan fingerprint density at radius 2 is 1.76 bits per heavy atom. The molecule has 1 amide bonds. The summed E-state index contributed by atoms with van der Waals surface area (Å²) in [4.78, 5) is 18.2. The lowest BCUT2D eigenvalue weighted by Gasteiger charge is -2.16. The fraction of sp³-hybridized carbons (Fsp3) is 0.321. The van der Waals surface area contributed by atoms with E-state index in [-0.39, 0.29) is 17.4 Å². The standard InChI is InChI=1S/C28H32N4O2/c1-19(11-12-20-9-7-6-8-10-20)29-27(33)24-17-23(21-13-15-22(34-5)16-14-21)30-26-18-25(28(2,3)4)31-32(24)26/h6-10,13-19H,11-12H2,1-5H3,(H,29,33)/t19-/m1/s1. The number of hydrogen-bond donors (Lipinski definition) is 1. The maximum Gasteiger partial charge on any atom is 0.270 e. The Kier molecular flexibility index (Phi) is 6.68. The average Bonchev–Trinajstić information content (AvgIpc) is 3.28. The van der Waals surface area contributed by atoms with Crippen molar-refractivity contribution in [3.63, 3.8) is 0 Å². The number of aromatic nitrogens is 3. The SMILES string of the molecule is COc1ccc(-c2cc(C(=O)N[C@H](C)CCc3ccccc3)n3nc(C(C)(C)C)cc3n2)cc1. The van der Waals surface area contributed by atoms with Crippen LogP contribution < -0.4 is 10.1 Å². The number of rotatable bonds is 7. The molecule has 2 heterocycles. The Labute approximate surface area is 201 Å². The van der Waals surface area contributed by atoms with Crippen LogP contribution in [-0.4, -0.2) is 33.7 Å². The Balaban J connectivity index is 1.65. The number of carbonyl (C=O) groups is 1. The number of fused-ring (bicyclic) bond motifs is 1. The van der Waals surface area contributed by atoms with Crippen LogP contribution in [0, 0.1) is 0 Å². The molecule has 6 nitrogen and oxygen atoms in total. The molecule has 6 heteroatoms. The molecule has 2 aromatic carbocycles. The summed E-state index contributed by atoms with van der Waals surface area (Å²) < 4.78 is 6.94. The van der Waals surface area contributed by atoms with Crippen LogP contribution in [0.4, 0.5) is 0 Å². The second-order valence-corrected chi connectivity index (χ2v) is 9.70. The highest BCUT2D eigenvalue weighted by Gasteiger charge is 2.22. The van der Waals surface area contributed by atoms with Crippen molar-refractivity contribution >= 4 is 11.6 Å². The molecule has 34 heavy (non-hydrogen) atoms. The zero-order valence-electron chi connectivity index (χ0n) is 20.5. The van der Waals surface area contributed by atoms with Crippen molar-refractivity contribution in [2.75, 3.05) is 7.11 Å². The van der Waals surface area contributed by atoms with Crippen LogP contribution >= 0.6 is 0 Å². The molecule has 0 saturated heterocycles. The highest BCUT2D eigenvalue weighted by molar-refractivity contribution is 5.94. The van der Waals surface area contributed by atoms with Crippen molar-refractivity contribution in [1.29, 1.82) is 0 Å². The first-order chi connectivity index (χ1) is 16.2. The first kappa shape index (κ1) is 23.5. The molecule has 4 rings (SSSR count). The molecule has 0 unspecified atom stereocenters. The third kappa shape index (κ3) is 5.28. The first-order valence-electron chi connectivity index (χ1n) is 11.6. The molecular weight excluding hydrogens is 424 g/mol. The van der Waals surface area contributed by atoms with Gasteiger partial charge in [-0.1, -0.05) is 51.1 Å². The third-order valence-electron chi connectivity index (χ3n) is 5.90. The van der Waals surface area contributed by atoms with Crippen molar-refractivity contribution in [1.82, 2.24) is 19.9 Å². The van der Waals surface area contributed by atoms with Gasteiger partial charge in [-0.25, -0.2) is 9.50 Å². The quantitative estimate of drug-likeness (QED) is 0.401. The van der Waals surface area contributed by atoms with E-state index in [1.807, 2.05) is 61.5 Å². The van der Waals surface area contributed by atoms with Crippen LogP contribution in [-0.2, 0) is 11.8 Å². The monoisotopic (exact) mass is 456 g/mol. The summed E-state index contributed by atoms with van der Waals surface area (Å²) in [6, 6.07) is 21.8. The summed E-state index contributed by atoms with van der Waals surface area (Å²) in [6.07, 6.45) is 1.75. The lowest BCUT2D eigenvalue weighted by atomic mass is 9.93. The molecule has 1 N–H and O–H groups in total. The molecule has 176 valence electrons. The van der Waals surface area contributed by atoms with E-state index in [1.54, 1.807) is 11.6 Å². The Morgan fingerprint density at radius 3 is 2.41 bits per heavy atom. The van der Waals surface area contributed by atoms with Gasteiger partial charge in [-0.2, -0.15) is 5.10 Å². The van der Waals surface area contributed by atoms with Crippen molar-refractivity contribution in [3.8, 4) is 17.0 Å². The molecule has 0 radical (unpaired) electrons. The molecular formula is C28H32N4O2. The largest absolute Gasteiger partial charge is 0.497 e. The zero-order chi connectivity index (χ0) is 24.3. The van der Waals surface area contributed by atoms with E-state index < -0.39 is 0 Å². The number of nitrogens with zero attached hydrogens (tertiary/aromatic N) is 3. The molecule has 2 aromatic heterocycles. The van der Waals surface area contributed by atoms with Gasteiger partial charge in [0.1, 0.15) is 11.4 Å². The number of ether oxygens (including phenoxy) is 1. The van der Waals surface area contributed by atoms with E-state index in [0.717, 1.165) is 35.5 Å². The summed E-state index contributed by atoms with van der Waals surface area (Å²) in [5.74, 6) is 0.612. The number of methoxy groups -OCH3 is 1. The van der Waals surface area contributed by atoms with Gasteiger partial charge in [0.05, 0.1) is 18.5 Å². The normalized spacial score (nSPS) is 12.5. The van der Waals surface area contributed by atoms with Gasteiger partial charge in [0.15, 0.2) is 5.65 Å². The van der Waals surface area contributed by atoms with Gasteiger partial charge in [0, 0.05) is 23.1 Å². The fourth-order valence-electron chi connectivity index (χ4n) is 3.81. The Bertz CT molecular complexity index is 1270. The molecule has 0 fully saturated rings. The average molecular weight is 457 g/mol. The number of carbonyl (C=O) groups excluding carboxylic acids is 1. The molecule has 4 aromatic rings. The van der Waals surface area contributed by atoms with Crippen LogP contribution in [0.25, 0.3) is 16.9 Å². The third-order valence-corrected chi connectivity index (χ3v) is 5.90. The summed E-state index contributed by atoms with van der Waals surface area (Å²) in [6.45, 7) is 8.34. The zero-order valence-corrected chi connectivity index (χ0v) is 20.5. The van der Waals surface area contributed by atoms with Crippen molar-refractivity contribution in [3.05, 3.63) is 83.7 Å². The van der Waals surface area contributed by atoms with Crippen molar-refractivity contribution < 1.29 is 9.53 Å². The van der Waals surface area contributed by atoms with Gasteiger partial charge in [-0.15, -0.1) is 0 Å². The Morgan fingerprint density at radius 1 is 1.06 bits per heavy atom. The Hall–Kier alpha value is -3.67. The van der Waals surface area contributed by atoms with E-state index in [1.165, 1.54) is 5.56 Å². The number of hydrogen-bond acceptors (Lipinski definition) is 4. The van der Waals surface area contributed by atoms with E-state index >= 15 is 0 Å². The highest BCUT2D eigenvalue weighted by atomic mass is 16.5. The maximum absolute atomic E-state index is 13.4. The fourth-order valence-corrected chi connectivity index (χ4v) is 3.81.